The molecule has 40 heavy (non-hydrogen) atoms. The van der Waals surface area contributed by atoms with Crippen molar-refractivity contribution in [2.75, 3.05) is 11.1 Å². The summed E-state index contributed by atoms with van der Waals surface area (Å²) in [6, 6.07) is 27.7. The Morgan fingerprint density at radius 3 is 2.23 bits per heavy atom. The van der Waals surface area contributed by atoms with Crippen LogP contribution in [0, 0.1) is 0 Å². The Hall–Kier alpha value is -3.94. The molecule has 5 aromatic rings. The van der Waals surface area contributed by atoms with Crippen molar-refractivity contribution in [1.82, 2.24) is 14.4 Å². The van der Waals surface area contributed by atoms with E-state index < -0.39 is 8.32 Å². The number of nitrogens with zero attached hydrogens (tertiary/aromatic N) is 3. The lowest BCUT2D eigenvalue weighted by molar-refractivity contribution is 0.287. The van der Waals surface area contributed by atoms with Gasteiger partial charge in [-0.1, -0.05) is 81.4 Å². The Labute approximate surface area is 237 Å². The summed E-state index contributed by atoms with van der Waals surface area (Å²) < 4.78 is 9.51. The van der Waals surface area contributed by atoms with Crippen LogP contribution in [0.1, 0.15) is 56.4 Å². The summed E-state index contributed by atoms with van der Waals surface area (Å²) in [6.45, 7) is 8.06. The summed E-state index contributed by atoms with van der Waals surface area (Å²) in [4.78, 5) is 9.15. The van der Waals surface area contributed by atoms with Crippen LogP contribution in [-0.4, -0.2) is 22.7 Å². The monoisotopic (exact) mass is 547 g/mol. The van der Waals surface area contributed by atoms with Crippen LogP contribution in [0.2, 0.25) is 5.04 Å². The van der Waals surface area contributed by atoms with Gasteiger partial charge in [0.2, 0.25) is 0 Å². The Morgan fingerprint density at radius 1 is 0.950 bits per heavy atom. The second kappa shape index (κ2) is 10.6. The van der Waals surface area contributed by atoms with Gasteiger partial charge in [-0.25, -0.2) is 9.97 Å². The minimum absolute atomic E-state index is 0.0863. The first kappa shape index (κ1) is 26.3. The second-order valence-corrected chi connectivity index (χ2v) is 16.1. The van der Waals surface area contributed by atoms with Gasteiger partial charge in [-0.05, 0) is 51.9 Å². The number of fused-ring (bicyclic) bond motifs is 1. The predicted molar refractivity (Wildman–Crippen MR) is 166 cm³/mol. The first-order valence-corrected chi connectivity index (χ1v) is 16.0. The maximum atomic E-state index is 7.32. The van der Waals surface area contributed by atoms with E-state index in [0.29, 0.717) is 24.9 Å². The number of nitrogen functional groups attached to an aromatic ring is 1. The highest BCUT2D eigenvalue weighted by Crippen LogP contribution is 2.41. The van der Waals surface area contributed by atoms with Gasteiger partial charge in [0, 0.05) is 35.9 Å². The number of nitrogens with one attached hydrogen (secondary N) is 1. The van der Waals surface area contributed by atoms with Crippen LogP contribution in [0.3, 0.4) is 0 Å². The number of benzene rings is 2. The van der Waals surface area contributed by atoms with Gasteiger partial charge in [-0.15, -0.1) is 0 Å². The van der Waals surface area contributed by atoms with Gasteiger partial charge < -0.3 is 19.9 Å². The molecular formula is C33H37N5OSi. The molecule has 2 aromatic carbocycles. The molecule has 204 valence electrons. The largest absolute Gasteiger partial charge is 0.403 e. The van der Waals surface area contributed by atoms with E-state index in [2.05, 4.69) is 115 Å². The number of imidazole rings is 1. The van der Waals surface area contributed by atoms with Crippen LogP contribution in [0.15, 0.2) is 97.5 Å². The fraction of sp³-hybridized carbons (Fsp3) is 0.273. The summed E-state index contributed by atoms with van der Waals surface area (Å²) in [5.74, 6) is 1.12. The van der Waals surface area contributed by atoms with E-state index in [1.807, 2.05) is 12.1 Å². The first-order valence-electron chi connectivity index (χ1n) is 14.0. The maximum Gasteiger partial charge on any atom is 0.261 e. The summed E-state index contributed by atoms with van der Waals surface area (Å²) in [7, 11) is -2.67. The van der Waals surface area contributed by atoms with E-state index >= 15 is 0 Å². The van der Waals surface area contributed by atoms with E-state index in [1.54, 1.807) is 6.20 Å². The number of pyridine rings is 2. The van der Waals surface area contributed by atoms with E-state index in [9.17, 15) is 0 Å². The Bertz CT molecular complexity index is 1570. The van der Waals surface area contributed by atoms with Gasteiger partial charge in [0.25, 0.3) is 8.32 Å². The summed E-state index contributed by atoms with van der Waals surface area (Å²) in [6.07, 6.45) is 8.58. The van der Waals surface area contributed by atoms with Crippen molar-refractivity contribution in [2.24, 2.45) is 0 Å². The van der Waals surface area contributed by atoms with Crippen molar-refractivity contribution in [2.45, 2.75) is 57.7 Å². The highest BCUT2D eigenvalue weighted by Gasteiger charge is 2.50. The molecule has 6 nitrogen and oxygen atoms in total. The molecule has 0 saturated heterocycles. The van der Waals surface area contributed by atoms with Crippen LogP contribution in [0.4, 0.5) is 11.5 Å². The third kappa shape index (κ3) is 5.14. The van der Waals surface area contributed by atoms with Gasteiger partial charge >= 0.3 is 0 Å². The van der Waals surface area contributed by atoms with E-state index in [0.717, 1.165) is 22.6 Å². The molecule has 1 aliphatic rings. The molecule has 1 aliphatic carbocycles. The van der Waals surface area contributed by atoms with Gasteiger partial charge in [0.15, 0.2) is 0 Å². The number of aromatic nitrogens is 3. The molecule has 1 saturated carbocycles. The summed E-state index contributed by atoms with van der Waals surface area (Å²) in [5.41, 5.74) is 11.2. The predicted octanol–water partition coefficient (Wildman–Crippen LogP) is 5.88. The SMILES string of the molecule is CC(C)(C)[Si](OCc1cc(C2CC2)cn2cc(CNc3ccnc(N)c3)nc12)(c1ccccc1)c1ccccc1. The smallest absolute Gasteiger partial charge is 0.261 e. The van der Waals surface area contributed by atoms with E-state index in [4.69, 9.17) is 15.1 Å². The lowest BCUT2D eigenvalue weighted by Crippen LogP contribution is -2.66. The Balaban J connectivity index is 1.38. The molecule has 0 aliphatic heterocycles. The number of hydrogen-bond donors (Lipinski definition) is 2. The molecule has 3 heterocycles. The zero-order chi connectivity index (χ0) is 27.7. The first-order chi connectivity index (χ1) is 19.3. The molecule has 7 heteroatoms. The summed E-state index contributed by atoms with van der Waals surface area (Å²) >= 11 is 0. The van der Waals surface area contributed by atoms with Crippen LogP contribution in [-0.2, 0) is 17.6 Å². The third-order valence-corrected chi connectivity index (χ3v) is 12.8. The molecule has 3 N–H and O–H groups in total. The van der Waals surface area contributed by atoms with Crippen molar-refractivity contribution >= 4 is 35.8 Å². The zero-order valence-electron chi connectivity index (χ0n) is 23.5. The highest BCUT2D eigenvalue weighted by molar-refractivity contribution is 6.99. The molecular weight excluding hydrogens is 510 g/mol. The minimum atomic E-state index is -2.67. The third-order valence-electron chi connectivity index (χ3n) is 7.86. The number of hydrogen-bond acceptors (Lipinski definition) is 5. The van der Waals surface area contributed by atoms with Crippen molar-refractivity contribution < 1.29 is 4.43 Å². The average Bonchev–Trinajstić information content (AvgIpc) is 3.72. The fourth-order valence-electron chi connectivity index (χ4n) is 5.77. The molecule has 1 fully saturated rings. The van der Waals surface area contributed by atoms with Crippen LogP contribution in [0.5, 0.6) is 0 Å². The molecule has 0 bridgehead atoms. The van der Waals surface area contributed by atoms with Gasteiger partial charge in [0.1, 0.15) is 11.5 Å². The molecule has 0 amide bonds. The van der Waals surface area contributed by atoms with Crippen LogP contribution >= 0.6 is 0 Å². The minimum Gasteiger partial charge on any atom is -0.403 e. The fourth-order valence-corrected chi connectivity index (χ4v) is 10.3. The lowest BCUT2D eigenvalue weighted by atomic mass is 10.1. The molecule has 0 atom stereocenters. The number of rotatable bonds is 9. The molecule has 0 radical (unpaired) electrons. The topological polar surface area (TPSA) is 77.5 Å². The molecule has 6 rings (SSSR count). The second-order valence-electron chi connectivity index (χ2n) is 11.8. The normalized spacial score (nSPS) is 14.0. The lowest BCUT2D eigenvalue weighted by Gasteiger charge is -2.43. The van der Waals surface area contributed by atoms with E-state index in [1.165, 1.54) is 28.8 Å². The highest BCUT2D eigenvalue weighted by atomic mass is 28.4. The summed E-state index contributed by atoms with van der Waals surface area (Å²) in [5, 5.41) is 5.91. The zero-order valence-corrected chi connectivity index (χ0v) is 24.5. The molecule has 0 unspecified atom stereocenters. The maximum absolute atomic E-state index is 7.32. The van der Waals surface area contributed by atoms with E-state index in [-0.39, 0.29) is 5.04 Å². The van der Waals surface area contributed by atoms with Crippen molar-refractivity contribution in [3.05, 3.63) is 114 Å². The Morgan fingerprint density at radius 2 is 1.62 bits per heavy atom. The van der Waals surface area contributed by atoms with Crippen molar-refractivity contribution in [1.29, 1.82) is 0 Å². The van der Waals surface area contributed by atoms with Gasteiger partial charge in [-0.2, -0.15) is 0 Å². The average molecular weight is 548 g/mol. The van der Waals surface area contributed by atoms with Crippen LogP contribution in [0.25, 0.3) is 5.65 Å². The number of nitrogens with two attached hydrogens (primary N) is 1. The van der Waals surface area contributed by atoms with Gasteiger partial charge in [-0.3, -0.25) is 0 Å². The molecule has 3 aromatic heterocycles. The quantitative estimate of drug-likeness (QED) is 0.226. The van der Waals surface area contributed by atoms with Gasteiger partial charge in [0.05, 0.1) is 18.8 Å². The standard InChI is InChI=1S/C33H37N5OSi/c1-33(2,3)40(29-10-6-4-7-11-29,30-12-8-5-9-13-30)39-23-26-18-25(24-14-15-24)21-38-22-28(37-32(26)38)20-36-27-16-17-35-31(34)19-27/h4-13,16-19,21-22,24H,14-15,20,23H2,1-3H3,(H3,34,35,36). The van der Waals surface area contributed by atoms with Crippen molar-refractivity contribution in [3.63, 3.8) is 0 Å². The van der Waals surface area contributed by atoms with Crippen LogP contribution < -0.4 is 21.4 Å². The molecule has 0 spiro atoms. The van der Waals surface area contributed by atoms with Crippen molar-refractivity contribution in [3.8, 4) is 0 Å². The Kier molecular flexibility index (Phi) is 6.94. The number of anilines is 2.